The van der Waals surface area contributed by atoms with E-state index in [1.807, 2.05) is 13.0 Å². The van der Waals surface area contributed by atoms with Gasteiger partial charge in [-0.25, -0.2) is 0 Å². The van der Waals surface area contributed by atoms with Crippen LogP contribution in [0.15, 0.2) is 30.3 Å². The lowest BCUT2D eigenvalue weighted by Gasteiger charge is -2.19. The zero-order chi connectivity index (χ0) is 11.1. The number of hydrogen-bond acceptors (Lipinski definition) is 2. The Labute approximate surface area is 92.4 Å². The molecule has 2 atom stereocenters. The molecule has 0 spiro atoms. The molecule has 0 radical (unpaired) electrons. The first-order chi connectivity index (χ1) is 7.27. The van der Waals surface area contributed by atoms with Gasteiger partial charge in [0.15, 0.2) is 0 Å². The van der Waals surface area contributed by atoms with Gasteiger partial charge in [-0.05, 0) is 24.8 Å². The van der Waals surface area contributed by atoms with Crippen molar-refractivity contribution >= 4 is 0 Å². The molecule has 0 aliphatic heterocycles. The minimum atomic E-state index is 0.185. The Hall–Kier alpha value is -0.860. The summed E-state index contributed by atoms with van der Waals surface area (Å²) >= 11 is 0. The molecule has 1 aromatic carbocycles. The van der Waals surface area contributed by atoms with Crippen LogP contribution in [-0.4, -0.2) is 19.3 Å². The van der Waals surface area contributed by atoms with Crippen molar-refractivity contribution < 1.29 is 4.74 Å². The molecule has 0 saturated heterocycles. The second-order valence-electron chi connectivity index (χ2n) is 3.86. The fourth-order valence-electron chi connectivity index (χ4n) is 1.78. The first-order valence-electron chi connectivity index (χ1n) is 5.64. The maximum absolute atomic E-state index is 5.66. The molecular formula is C13H21NO. The first-order valence-corrected chi connectivity index (χ1v) is 5.64. The quantitative estimate of drug-likeness (QED) is 0.778. The molecular weight excluding hydrogens is 186 g/mol. The van der Waals surface area contributed by atoms with E-state index in [0.717, 1.165) is 13.0 Å². The number of nitrogens with two attached hydrogens (primary N) is 1. The lowest BCUT2D eigenvalue weighted by atomic mass is 9.95. The van der Waals surface area contributed by atoms with Gasteiger partial charge < -0.3 is 10.5 Å². The van der Waals surface area contributed by atoms with Crippen molar-refractivity contribution in [3.05, 3.63) is 35.9 Å². The van der Waals surface area contributed by atoms with E-state index in [2.05, 4.69) is 31.2 Å². The fourth-order valence-corrected chi connectivity index (χ4v) is 1.78. The SMILES string of the molecule is CCOC(CN)CC(C)c1ccccc1. The molecule has 0 aliphatic carbocycles. The molecule has 2 unspecified atom stereocenters. The van der Waals surface area contributed by atoms with Crippen molar-refractivity contribution in [2.24, 2.45) is 5.73 Å². The maximum atomic E-state index is 5.66. The van der Waals surface area contributed by atoms with Gasteiger partial charge in [-0.15, -0.1) is 0 Å². The van der Waals surface area contributed by atoms with E-state index in [4.69, 9.17) is 10.5 Å². The predicted molar refractivity (Wildman–Crippen MR) is 63.9 cm³/mol. The average molecular weight is 207 g/mol. The highest BCUT2D eigenvalue weighted by Crippen LogP contribution is 2.20. The Kier molecular flexibility index (Phi) is 5.37. The minimum absolute atomic E-state index is 0.185. The summed E-state index contributed by atoms with van der Waals surface area (Å²) in [5.74, 6) is 0.506. The summed E-state index contributed by atoms with van der Waals surface area (Å²) in [5, 5.41) is 0. The van der Waals surface area contributed by atoms with Crippen LogP contribution in [0.1, 0.15) is 31.7 Å². The van der Waals surface area contributed by atoms with Gasteiger partial charge in [0.05, 0.1) is 6.10 Å². The summed E-state index contributed by atoms with van der Waals surface area (Å²) in [5.41, 5.74) is 7.02. The first kappa shape index (κ1) is 12.2. The summed E-state index contributed by atoms with van der Waals surface area (Å²) in [4.78, 5) is 0. The van der Waals surface area contributed by atoms with E-state index in [0.29, 0.717) is 12.5 Å². The summed E-state index contributed by atoms with van der Waals surface area (Å²) in [6.45, 7) is 5.57. The largest absolute Gasteiger partial charge is 0.377 e. The van der Waals surface area contributed by atoms with Crippen molar-refractivity contribution in [1.29, 1.82) is 0 Å². The zero-order valence-corrected chi connectivity index (χ0v) is 9.65. The van der Waals surface area contributed by atoms with Gasteiger partial charge >= 0.3 is 0 Å². The molecule has 2 heteroatoms. The maximum Gasteiger partial charge on any atom is 0.0702 e. The molecule has 84 valence electrons. The van der Waals surface area contributed by atoms with Gasteiger partial charge in [0.1, 0.15) is 0 Å². The van der Waals surface area contributed by atoms with Crippen molar-refractivity contribution in [3.63, 3.8) is 0 Å². The molecule has 0 fully saturated rings. The van der Waals surface area contributed by atoms with Crippen molar-refractivity contribution in [3.8, 4) is 0 Å². The van der Waals surface area contributed by atoms with Crippen molar-refractivity contribution in [2.45, 2.75) is 32.3 Å². The zero-order valence-electron chi connectivity index (χ0n) is 9.65. The number of rotatable bonds is 6. The van der Waals surface area contributed by atoms with Crippen LogP contribution in [0.2, 0.25) is 0 Å². The van der Waals surface area contributed by atoms with Crippen LogP contribution in [0, 0.1) is 0 Å². The minimum Gasteiger partial charge on any atom is -0.377 e. The van der Waals surface area contributed by atoms with Gasteiger partial charge in [-0.1, -0.05) is 37.3 Å². The molecule has 0 aromatic heterocycles. The van der Waals surface area contributed by atoms with Gasteiger partial charge in [-0.2, -0.15) is 0 Å². The van der Waals surface area contributed by atoms with Crippen LogP contribution in [-0.2, 0) is 4.74 Å². The molecule has 2 N–H and O–H groups in total. The average Bonchev–Trinajstić information content (AvgIpc) is 2.29. The predicted octanol–water partition coefficient (Wildman–Crippen LogP) is 2.54. The van der Waals surface area contributed by atoms with Crippen LogP contribution in [0.3, 0.4) is 0 Å². The topological polar surface area (TPSA) is 35.2 Å². The van der Waals surface area contributed by atoms with E-state index < -0.39 is 0 Å². The van der Waals surface area contributed by atoms with Gasteiger partial charge in [0, 0.05) is 13.2 Å². The van der Waals surface area contributed by atoms with E-state index in [9.17, 15) is 0 Å². The molecule has 0 saturated carbocycles. The van der Waals surface area contributed by atoms with E-state index in [-0.39, 0.29) is 6.10 Å². The molecule has 15 heavy (non-hydrogen) atoms. The van der Waals surface area contributed by atoms with Gasteiger partial charge in [0.25, 0.3) is 0 Å². The second-order valence-corrected chi connectivity index (χ2v) is 3.86. The molecule has 1 rings (SSSR count). The molecule has 2 nitrogen and oxygen atoms in total. The number of ether oxygens (including phenoxy) is 1. The third-order valence-electron chi connectivity index (χ3n) is 2.65. The van der Waals surface area contributed by atoms with E-state index in [1.54, 1.807) is 0 Å². The highest BCUT2D eigenvalue weighted by molar-refractivity contribution is 5.18. The molecule has 0 amide bonds. The summed E-state index contributed by atoms with van der Waals surface area (Å²) in [6, 6.07) is 10.5. The highest BCUT2D eigenvalue weighted by atomic mass is 16.5. The van der Waals surface area contributed by atoms with Gasteiger partial charge in [-0.3, -0.25) is 0 Å². The molecule has 1 aromatic rings. The van der Waals surface area contributed by atoms with Crippen LogP contribution in [0.5, 0.6) is 0 Å². The fraction of sp³-hybridized carbons (Fsp3) is 0.538. The standard InChI is InChI=1S/C13H21NO/c1-3-15-13(10-14)9-11(2)12-7-5-4-6-8-12/h4-8,11,13H,3,9-10,14H2,1-2H3. The van der Waals surface area contributed by atoms with E-state index >= 15 is 0 Å². The lowest BCUT2D eigenvalue weighted by Crippen LogP contribution is -2.25. The molecule has 0 aliphatic rings. The summed E-state index contributed by atoms with van der Waals surface area (Å²) in [7, 11) is 0. The second kappa shape index (κ2) is 6.59. The summed E-state index contributed by atoms with van der Waals surface area (Å²) in [6.07, 6.45) is 1.18. The van der Waals surface area contributed by atoms with E-state index in [1.165, 1.54) is 5.56 Å². The Morgan fingerprint density at radius 3 is 2.47 bits per heavy atom. The Morgan fingerprint density at radius 1 is 1.27 bits per heavy atom. The lowest BCUT2D eigenvalue weighted by molar-refractivity contribution is 0.0589. The third-order valence-corrected chi connectivity index (χ3v) is 2.65. The summed E-state index contributed by atoms with van der Waals surface area (Å²) < 4.78 is 5.56. The Bertz CT molecular complexity index is 260. The van der Waals surface area contributed by atoms with Crippen LogP contribution in [0.25, 0.3) is 0 Å². The third kappa shape index (κ3) is 4.02. The monoisotopic (exact) mass is 207 g/mol. The van der Waals surface area contributed by atoms with Crippen molar-refractivity contribution in [1.82, 2.24) is 0 Å². The molecule has 0 heterocycles. The smallest absolute Gasteiger partial charge is 0.0702 e. The van der Waals surface area contributed by atoms with Crippen LogP contribution < -0.4 is 5.73 Å². The normalized spacial score (nSPS) is 14.9. The van der Waals surface area contributed by atoms with Crippen LogP contribution >= 0.6 is 0 Å². The number of hydrogen-bond donors (Lipinski definition) is 1. The highest BCUT2D eigenvalue weighted by Gasteiger charge is 2.12. The van der Waals surface area contributed by atoms with Crippen LogP contribution in [0.4, 0.5) is 0 Å². The number of benzene rings is 1. The molecule has 0 bridgehead atoms. The van der Waals surface area contributed by atoms with Gasteiger partial charge in [0.2, 0.25) is 0 Å². The Balaban J connectivity index is 2.50. The Morgan fingerprint density at radius 2 is 1.93 bits per heavy atom. The van der Waals surface area contributed by atoms with Crippen molar-refractivity contribution in [2.75, 3.05) is 13.2 Å².